The van der Waals surface area contributed by atoms with Crippen molar-refractivity contribution < 1.29 is 9.90 Å². The van der Waals surface area contributed by atoms with Crippen LogP contribution in [0.15, 0.2) is 35.3 Å². The number of aryl methyl sites for hydroxylation is 2. The molecule has 0 aromatic heterocycles. The summed E-state index contributed by atoms with van der Waals surface area (Å²) in [4.78, 5) is 16.1. The van der Waals surface area contributed by atoms with E-state index in [1.165, 1.54) is 23.1 Å². The average Bonchev–Trinajstić information content (AvgIpc) is 2.58. The number of aliphatic imine (C=N–C) groups is 1. The predicted molar refractivity (Wildman–Crippen MR) is 112 cm³/mol. The van der Waals surface area contributed by atoms with Crippen LogP contribution in [0.25, 0.3) is 0 Å². The Morgan fingerprint density at radius 1 is 1.00 bits per heavy atom. The van der Waals surface area contributed by atoms with Crippen LogP contribution in [-0.2, 0) is 10.8 Å². The van der Waals surface area contributed by atoms with E-state index >= 15 is 0 Å². The van der Waals surface area contributed by atoms with Crippen LogP contribution >= 0.6 is 0 Å². The Morgan fingerprint density at radius 2 is 1.59 bits per heavy atom. The van der Waals surface area contributed by atoms with Crippen molar-refractivity contribution in [3.8, 4) is 0 Å². The molecule has 0 unspecified atom stereocenters. The highest BCUT2D eigenvalue weighted by Crippen LogP contribution is 2.46. The molecule has 2 aromatic rings. The van der Waals surface area contributed by atoms with Gasteiger partial charge in [0.2, 0.25) is 0 Å². The van der Waals surface area contributed by atoms with Gasteiger partial charge in [0.15, 0.2) is 0 Å². The molecule has 1 aliphatic carbocycles. The number of carboxylic acid groups (broad SMARTS) is 1. The minimum atomic E-state index is -0.948. The summed E-state index contributed by atoms with van der Waals surface area (Å²) in [5.74, 6) is -0.948. The van der Waals surface area contributed by atoms with E-state index in [9.17, 15) is 9.90 Å². The Labute approximate surface area is 162 Å². The van der Waals surface area contributed by atoms with Gasteiger partial charge in [0.25, 0.3) is 0 Å². The van der Waals surface area contributed by atoms with Crippen LogP contribution in [0.1, 0.15) is 78.7 Å². The third kappa shape index (κ3) is 3.55. The van der Waals surface area contributed by atoms with Crippen molar-refractivity contribution in [1.29, 1.82) is 0 Å². The molecule has 2 aromatic carbocycles. The minimum Gasteiger partial charge on any atom is -0.478 e. The fourth-order valence-corrected chi connectivity index (χ4v) is 4.01. The van der Waals surface area contributed by atoms with E-state index in [2.05, 4.69) is 51.7 Å². The van der Waals surface area contributed by atoms with Gasteiger partial charge in [-0.15, -0.1) is 0 Å². The first-order chi connectivity index (χ1) is 12.5. The number of carboxylic acids is 1. The maximum atomic E-state index is 11.5. The molecule has 0 saturated carbocycles. The van der Waals surface area contributed by atoms with Crippen LogP contribution in [0.3, 0.4) is 0 Å². The lowest BCUT2D eigenvalue weighted by Crippen LogP contribution is -2.34. The monoisotopic (exact) mass is 363 g/mol. The van der Waals surface area contributed by atoms with Gasteiger partial charge in [-0.2, -0.15) is 0 Å². The normalized spacial score (nSPS) is 17.7. The van der Waals surface area contributed by atoms with Crippen molar-refractivity contribution >= 4 is 17.9 Å². The van der Waals surface area contributed by atoms with E-state index in [1.807, 2.05) is 19.2 Å². The highest BCUT2D eigenvalue weighted by molar-refractivity contribution is 5.96. The number of nitrogens with zero attached hydrogens (tertiary/aromatic N) is 1. The van der Waals surface area contributed by atoms with Crippen LogP contribution < -0.4 is 0 Å². The molecule has 0 bridgehead atoms. The zero-order valence-electron chi connectivity index (χ0n) is 17.2. The zero-order valence-corrected chi connectivity index (χ0v) is 17.2. The summed E-state index contributed by atoms with van der Waals surface area (Å²) < 4.78 is 0. The molecule has 3 nitrogen and oxygen atoms in total. The van der Waals surface area contributed by atoms with Crippen molar-refractivity contribution in [3.63, 3.8) is 0 Å². The Bertz CT molecular complexity index is 936. The fourth-order valence-electron chi connectivity index (χ4n) is 4.01. The number of hydrogen-bond acceptors (Lipinski definition) is 2. The largest absolute Gasteiger partial charge is 0.478 e. The Kier molecular flexibility index (Phi) is 4.75. The lowest BCUT2D eigenvalue weighted by Gasteiger charge is -2.42. The van der Waals surface area contributed by atoms with Gasteiger partial charge in [-0.3, -0.25) is 4.99 Å². The molecule has 0 spiro atoms. The van der Waals surface area contributed by atoms with Crippen LogP contribution in [0.4, 0.5) is 5.69 Å². The zero-order chi connectivity index (χ0) is 20.0. The standard InChI is InChI=1S/C24H29NO2/c1-15-8-7-9-18(22(26)27)21(15)25-14-17-13-20-19(12-16(17)2)23(3,4)10-11-24(20,5)6/h7-9,12-14H,10-11H2,1-6H3,(H,26,27). The summed E-state index contributed by atoms with van der Waals surface area (Å²) in [7, 11) is 0. The Morgan fingerprint density at radius 3 is 2.19 bits per heavy atom. The van der Waals surface area contributed by atoms with Gasteiger partial charge in [-0.1, -0.05) is 45.9 Å². The highest BCUT2D eigenvalue weighted by atomic mass is 16.4. The Balaban J connectivity index is 2.11. The lowest BCUT2D eigenvalue weighted by molar-refractivity contribution is 0.0697. The predicted octanol–water partition coefficient (Wildman–Crippen LogP) is 6.10. The molecule has 3 heteroatoms. The minimum absolute atomic E-state index is 0.135. The summed E-state index contributed by atoms with van der Waals surface area (Å²) >= 11 is 0. The van der Waals surface area contributed by atoms with E-state index in [4.69, 9.17) is 0 Å². The van der Waals surface area contributed by atoms with Crippen molar-refractivity contribution in [2.75, 3.05) is 0 Å². The third-order valence-electron chi connectivity index (χ3n) is 6.04. The fraction of sp³-hybridized carbons (Fsp3) is 0.417. The van der Waals surface area contributed by atoms with E-state index in [-0.39, 0.29) is 16.4 Å². The van der Waals surface area contributed by atoms with Gasteiger partial charge in [0.05, 0.1) is 11.3 Å². The summed E-state index contributed by atoms with van der Waals surface area (Å²) in [6.07, 6.45) is 4.17. The van der Waals surface area contributed by atoms with E-state index in [0.717, 1.165) is 17.5 Å². The average molecular weight is 364 g/mol. The third-order valence-corrected chi connectivity index (χ3v) is 6.04. The molecule has 0 atom stereocenters. The quantitative estimate of drug-likeness (QED) is 0.670. The first-order valence-corrected chi connectivity index (χ1v) is 9.55. The second-order valence-electron chi connectivity index (χ2n) is 9.06. The smallest absolute Gasteiger partial charge is 0.337 e. The lowest BCUT2D eigenvalue weighted by atomic mass is 9.62. The maximum absolute atomic E-state index is 11.5. The number of para-hydroxylation sites is 1. The highest BCUT2D eigenvalue weighted by Gasteiger charge is 2.37. The van der Waals surface area contributed by atoms with Gasteiger partial charge in [0, 0.05) is 6.21 Å². The van der Waals surface area contributed by atoms with Gasteiger partial charge in [-0.25, -0.2) is 4.79 Å². The van der Waals surface area contributed by atoms with E-state index in [1.54, 1.807) is 12.1 Å². The number of hydrogen-bond donors (Lipinski definition) is 1. The summed E-state index contributed by atoms with van der Waals surface area (Å²) in [6.45, 7) is 13.3. The van der Waals surface area contributed by atoms with Crippen molar-refractivity contribution in [2.24, 2.45) is 4.99 Å². The van der Waals surface area contributed by atoms with Gasteiger partial charge in [-0.05, 0) is 77.5 Å². The van der Waals surface area contributed by atoms with Gasteiger partial charge in [0.1, 0.15) is 0 Å². The number of aromatic carboxylic acids is 1. The molecular formula is C24H29NO2. The maximum Gasteiger partial charge on any atom is 0.337 e. The summed E-state index contributed by atoms with van der Waals surface area (Å²) in [5, 5.41) is 9.45. The van der Waals surface area contributed by atoms with Gasteiger partial charge < -0.3 is 5.11 Å². The molecule has 142 valence electrons. The molecule has 1 N–H and O–H groups in total. The number of rotatable bonds is 3. The molecule has 0 fully saturated rings. The Hall–Kier alpha value is -2.42. The van der Waals surface area contributed by atoms with Crippen LogP contribution in [0.5, 0.6) is 0 Å². The molecule has 27 heavy (non-hydrogen) atoms. The molecular weight excluding hydrogens is 334 g/mol. The summed E-state index contributed by atoms with van der Waals surface area (Å²) in [6, 6.07) is 9.81. The molecule has 0 radical (unpaired) electrons. The van der Waals surface area contributed by atoms with Crippen molar-refractivity contribution in [1.82, 2.24) is 0 Å². The molecule has 0 saturated heterocycles. The van der Waals surface area contributed by atoms with Crippen molar-refractivity contribution in [2.45, 2.75) is 65.2 Å². The van der Waals surface area contributed by atoms with Gasteiger partial charge >= 0.3 is 5.97 Å². The van der Waals surface area contributed by atoms with E-state index in [0.29, 0.717) is 5.69 Å². The molecule has 0 aliphatic heterocycles. The second-order valence-corrected chi connectivity index (χ2v) is 9.06. The molecule has 3 rings (SSSR count). The van der Waals surface area contributed by atoms with Crippen molar-refractivity contribution in [3.05, 3.63) is 63.7 Å². The number of carbonyl (C=O) groups is 1. The van der Waals surface area contributed by atoms with Crippen LogP contribution in [0.2, 0.25) is 0 Å². The van der Waals surface area contributed by atoms with E-state index < -0.39 is 5.97 Å². The SMILES string of the molecule is Cc1cc2c(cc1C=Nc1c(C)cccc1C(=O)O)C(C)(C)CCC2(C)C. The molecule has 0 heterocycles. The summed E-state index contributed by atoms with van der Waals surface area (Å²) in [5.41, 5.74) is 6.99. The number of benzene rings is 2. The first kappa shape index (κ1) is 19.3. The first-order valence-electron chi connectivity index (χ1n) is 9.55. The van der Waals surface area contributed by atoms with Crippen LogP contribution in [0, 0.1) is 13.8 Å². The number of fused-ring (bicyclic) bond motifs is 1. The van der Waals surface area contributed by atoms with Crippen LogP contribution in [-0.4, -0.2) is 17.3 Å². The molecule has 1 aliphatic rings. The second kappa shape index (κ2) is 6.63. The molecule has 0 amide bonds. The topological polar surface area (TPSA) is 49.7 Å².